The van der Waals surface area contributed by atoms with Crippen LogP contribution in [0.15, 0.2) is 4.79 Å². The molecule has 0 aromatic carbocycles. The lowest BCUT2D eigenvalue weighted by Crippen LogP contribution is -2.28. The highest BCUT2D eigenvalue weighted by molar-refractivity contribution is 7.18. The Kier molecular flexibility index (Phi) is 4.00. The fourth-order valence-corrected chi connectivity index (χ4v) is 4.45. The third kappa shape index (κ3) is 3.02. The number of aryl methyl sites for hydroxylation is 2. The molecule has 1 aliphatic carbocycles. The number of nitrogens with zero attached hydrogens (tertiary/aromatic N) is 3. The van der Waals surface area contributed by atoms with Crippen LogP contribution in [0.2, 0.25) is 0 Å². The molecule has 23 heavy (non-hydrogen) atoms. The minimum atomic E-state index is -0.945. The van der Waals surface area contributed by atoms with Gasteiger partial charge in [-0.05, 0) is 36.2 Å². The summed E-state index contributed by atoms with van der Waals surface area (Å²) in [7, 11) is 0. The number of fused-ring (bicyclic) bond motifs is 3. The number of hydrogen-bond acceptors (Lipinski definition) is 5. The van der Waals surface area contributed by atoms with E-state index in [4.69, 9.17) is 5.11 Å². The lowest BCUT2D eigenvalue weighted by Gasteiger charge is -2.33. The van der Waals surface area contributed by atoms with Gasteiger partial charge in [0.1, 0.15) is 0 Å². The third-order valence-electron chi connectivity index (χ3n) is 4.70. The van der Waals surface area contributed by atoms with Gasteiger partial charge in [0, 0.05) is 4.88 Å². The molecule has 0 saturated heterocycles. The first-order valence-electron chi connectivity index (χ1n) is 7.87. The van der Waals surface area contributed by atoms with Crippen molar-refractivity contribution < 1.29 is 9.90 Å². The van der Waals surface area contributed by atoms with E-state index in [-0.39, 0.29) is 23.9 Å². The smallest absolute Gasteiger partial charge is 0.305 e. The van der Waals surface area contributed by atoms with Crippen LogP contribution >= 0.6 is 11.3 Å². The zero-order chi connectivity index (χ0) is 16.8. The summed E-state index contributed by atoms with van der Waals surface area (Å²) in [6.45, 7) is 6.84. The van der Waals surface area contributed by atoms with Crippen molar-refractivity contribution >= 4 is 27.5 Å². The quantitative estimate of drug-likeness (QED) is 0.931. The number of aliphatic carboxylic acids is 1. The Morgan fingerprint density at radius 3 is 2.83 bits per heavy atom. The molecule has 7 heteroatoms. The van der Waals surface area contributed by atoms with Gasteiger partial charge in [-0.3, -0.25) is 9.59 Å². The van der Waals surface area contributed by atoms with Gasteiger partial charge >= 0.3 is 5.97 Å². The second-order valence-electron chi connectivity index (χ2n) is 7.25. The zero-order valence-corrected chi connectivity index (χ0v) is 14.4. The molecule has 124 valence electrons. The molecular formula is C16H21N3O3S. The van der Waals surface area contributed by atoms with Crippen LogP contribution in [0.3, 0.4) is 0 Å². The zero-order valence-electron chi connectivity index (χ0n) is 13.6. The molecule has 0 aliphatic heterocycles. The van der Waals surface area contributed by atoms with Crippen molar-refractivity contribution in [1.82, 2.24) is 15.0 Å². The van der Waals surface area contributed by atoms with Crippen LogP contribution in [-0.2, 0) is 24.2 Å². The average Bonchev–Trinajstić information content (AvgIpc) is 2.83. The van der Waals surface area contributed by atoms with Crippen molar-refractivity contribution in [2.75, 3.05) is 0 Å². The van der Waals surface area contributed by atoms with Crippen molar-refractivity contribution in [3.05, 3.63) is 20.8 Å². The maximum Gasteiger partial charge on any atom is 0.305 e. The number of carboxylic acid groups (broad SMARTS) is 1. The first-order valence-corrected chi connectivity index (χ1v) is 8.69. The van der Waals surface area contributed by atoms with Gasteiger partial charge in [0.05, 0.1) is 18.4 Å². The van der Waals surface area contributed by atoms with Crippen molar-refractivity contribution in [2.45, 2.75) is 53.0 Å². The largest absolute Gasteiger partial charge is 0.481 e. The standard InChI is InChI=1S/C16H21N3O3S/c1-16(2,3)9-4-5-10-11(8-9)23-14-13(10)15(22)19(18-17-14)7-6-12(20)21/h9H,4-8H2,1-3H3,(H,20,21). The molecule has 0 fully saturated rings. The van der Waals surface area contributed by atoms with Gasteiger partial charge in [-0.25, -0.2) is 4.68 Å². The van der Waals surface area contributed by atoms with Gasteiger partial charge in [0.2, 0.25) is 0 Å². The van der Waals surface area contributed by atoms with E-state index in [0.717, 1.165) is 24.8 Å². The summed E-state index contributed by atoms with van der Waals surface area (Å²) in [5, 5.41) is 17.5. The van der Waals surface area contributed by atoms with E-state index in [2.05, 4.69) is 31.1 Å². The Morgan fingerprint density at radius 2 is 2.17 bits per heavy atom. The van der Waals surface area contributed by atoms with Gasteiger partial charge in [-0.15, -0.1) is 16.4 Å². The van der Waals surface area contributed by atoms with Gasteiger partial charge in [0.15, 0.2) is 4.83 Å². The van der Waals surface area contributed by atoms with Gasteiger partial charge in [-0.1, -0.05) is 26.0 Å². The van der Waals surface area contributed by atoms with Crippen molar-refractivity contribution in [3.63, 3.8) is 0 Å². The van der Waals surface area contributed by atoms with Crippen molar-refractivity contribution in [1.29, 1.82) is 0 Å². The van der Waals surface area contributed by atoms with Crippen LogP contribution in [0.5, 0.6) is 0 Å². The van der Waals surface area contributed by atoms with E-state index in [0.29, 0.717) is 16.1 Å². The summed E-state index contributed by atoms with van der Waals surface area (Å²) in [6, 6.07) is 0. The van der Waals surface area contributed by atoms with Crippen molar-refractivity contribution in [2.24, 2.45) is 11.3 Å². The summed E-state index contributed by atoms with van der Waals surface area (Å²) in [6.07, 6.45) is 2.81. The van der Waals surface area contributed by atoms with E-state index in [1.165, 1.54) is 9.56 Å². The number of aromatic nitrogens is 3. The second-order valence-corrected chi connectivity index (χ2v) is 8.33. The van der Waals surface area contributed by atoms with E-state index < -0.39 is 5.97 Å². The summed E-state index contributed by atoms with van der Waals surface area (Å²) in [4.78, 5) is 25.3. The molecule has 0 saturated carbocycles. The molecule has 0 bridgehead atoms. The SMILES string of the molecule is CC(C)(C)C1CCc2c(sc3nnn(CCC(=O)O)c(=O)c23)C1. The van der Waals surface area contributed by atoms with Crippen LogP contribution in [0, 0.1) is 11.3 Å². The molecule has 1 atom stereocenters. The van der Waals surface area contributed by atoms with E-state index in [1.54, 1.807) is 11.3 Å². The molecular weight excluding hydrogens is 314 g/mol. The minimum absolute atomic E-state index is 0.0618. The monoisotopic (exact) mass is 335 g/mol. The van der Waals surface area contributed by atoms with Gasteiger partial charge < -0.3 is 5.11 Å². The number of carbonyl (C=O) groups is 1. The predicted octanol–water partition coefficient (Wildman–Crippen LogP) is 2.48. The Morgan fingerprint density at radius 1 is 1.43 bits per heavy atom. The van der Waals surface area contributed by atoms with Crippen LogP contribution < -0.4 is 5.56 Å². The molecule has 0 spiro atoms. The Labute approximate surface area is 138 Å². The molecule has 3 rings (SSSR count). The maximum absolute atomic E-state index is 12.6. The maximum atomic E-state index is 12.6. The lowest BCUT2D eigenvalue weighted by molar-refractivity contribution is -0.137. The fraction of sp³-hybridized carbons (Fsp3) is 0.625. The highest BCUT2D eigenvalue weighted by atomic mass is 32.1. The highest BCUT2D eigenvalue weighted by Crippen LogP contribution is 2.41. The molecule has 2 aromatic heterocycles. The first-order chi connectivity index (χ1) is 10.8. The second kappa shape index (κ2) is 5.70. The lowest BCUT2D eigenvalue weighted by atomic mass is 9.72. The van der Waals surface area contributed by atoms with Crippen LogP contribution in [0.1, 0.15) is 44.1 Å². The van der Waals surface area contributed by atoms with E-state index in [1.807, 2.05) is 0 Å². The number of rotatable bonds is 3. The van der Waals surface area contributed by atoms with E-state index >= 15 is 0 Å². The first kappa shape index (κ1) is 16.1. The predicted molar refractivity (Wildman–Crippen MR) is 88.9 cm³/mol. The molecule has 1 unspecified atom stereocenters. The molecule has 6 nitrogen and oxygen atoms in total. The number of hydrogen-bond donors (Lipinski definition) is 1. The molecule has 0 amide bonds. The van der Waals surface area contributed by atoms with Crippen LogP contribution in [0.4, 0.5) is 0 Å². The summed E-state index contributed by atoms with van der Waals surface area (Å²) >= 11 is 1.56. The summed E-state index contributed by atoms with van der Waals surface area (Å²) in [5.41, 5.74) is 1.15. The Balaban J connectivity index is 2.01. The average molecular weight is 335 g/mol. The topological polar surface area (TPSA) is 85.1 Å². The molecule has 0 radical (unpaired) electrons. The third-order valence-corrected chi connectivity index (χ3v) is 5.84. The summed E-state index contributed by atoms with van der Waals surface area (Å²) < 4.78 is 1.18. The Hall–Kier alpha value is -1.76. The fourth-order valence-electron chi connectivity index (χ4n) is 3.21. The van der Waals surface area contributed by atoms with Gasteiger partial charge in [0.25, 0.3) is 5.56 Å². The molecule has 2 aromatic rings. The van der Waals surface area contributed by atoms with E-state index in [9.17, 15) is 9.59 Å². The molecule has 1 N–H and O–H groups in total. The molecule has 1 aliphatic rings. The number of thiophene rings is 1. The van der Waals surface area contributed by atoms with Crippen molar-refractivity contribution in [3.8, 4) is 0 Å². The summed E-state index contributed by atoms with van der Waals surface area (Å²) in [5.74, 6) is -0.343. The van der Waals surface area contributed by atoms with Crippen LogP contribution in [-0.4, -0.2) is 26.1 Å². The highest BCUT2D eigenvalue weighted by Gasteiger charge is 2.31. The number of carboxylic acids is 1. The van der Waals surface area contributed by atoms with Gasteiger partial charge in [-0.2, -0.15) is 0 Å². The van der Waals surface area contributed by atoms with Crippen LogP contribution in [0.25, 0.3) is 10.2 Å². The molecule has 2 heterocycles. The Bertz CT molecular complexity index is 816. The normalized spacial score (nSPS) is 18.1. The minimum Gasteiger partial charge on any atom is -0.481 e.